The van der Waals surface area contributed by atoms with Gasteiger partial charge in [-0.15, -0.1) is 24.0 Å². The maximum Gasteiger partial charge on any atom is 0.410 e. The number of likely N-dealkylation sites (tertiary alicyclic amines) is 2. The van der Waals surface area contributed by atoms with Crippen LogP contribution in [0.5, 0.6) is 0 Å². The molecule has 2 unspecified atom stereocenters. The molecule has 0 bridgehead atoms. The molecule has 30 heavy (non-hydrogen) atoms. The second-order valence-electron chi connectivity index (χ2n) is 8.90. The van der Waals surface area contributed by atoms with Crippen LogP contribution in [0, 0.1) is 11.8 Å². The summed E-state index contributed by atoms with van der Waals surface area (Å²) in [5.41, 5.74) is -0.478. The van der Waals surface area contributed by atoms with Crippen molar-refractivity contribution in [3.8, 4) is 0 Å². The number of amides is 1. The standard InChI is InChI=1S/C21H38N4O4.HI/c1-6-28-18(26)17-10-8-11-24(15-17)19(22-5)23-13-16-9-7-12-25(14-16)20(27)29-21(2,3)4;/h16-17H,6-15H2,1-5H3,(H,22,23);1H. The maximum atomic E-state index is 12.4. The smallest absolute Gasteiger partial charge is 0.410 e. The Bertz CT molecular complexity index is 594. The van der Waals surface area contributed by atoms with Crippen LogP contribution in [-0.4, -0.2) is 79.8 Å². The molecular formula is C21H39IN4O4. The first kappa shape index (κ1) is 26.8. The zero-order chi connectivity index (χ0) is 21.4. The molecule has 8 nitrogen and oxygen atoms in total. The van der Waals surface area contributed by atoms with Crippen molar-refractivity contribution >= 4 is 42.0 Å². The van der Waals surface area contributed by atoms with Crippen molar-refractivity contribution < 1.29 is 19.1 Å². The Kier molecular flexibility index (Phi) is 11.2. The van der Waals surface area contributed by atoms with E-state index in [-0.39, 0.29) is 42.0 Å². The molecule has 0 aromatic rings. The largest absolute Gasteiger partial charge is 0.466 e. The van der Waals surface area contributed by atoms with E-state index in [4.69, 9.17) is 9.47 Å². The molecule has 1 N–H and O–H groups in total. The van der Waals surface area contributed by atoms with Crippen molar-refractivity contribution in [2.75, 3.05) is 46.4 Å². The molecule has 2 fully saturated rings. The Morgan fingerprint density at radius 3 is 2.40 bits per heavy atom. The fourth-order valence-electron chi connectivity index (χ4n) is 3.91. The zero-order valence-electron chi connectivity index (χ0n) is 19.1. The highest BCUT2D eigenvalue weighted by molar-refractivity contribution is 14.0. The van der Waals surface area contributed by atoms with Gasteiger partial charge in [0.2, 0.25) is 0 Å². The number of rotatable bonds is 4. The van der Waals surface area contributed by atoms with Crippen molar-refractivity contribution in [1.82, 2.24) is 15.1 Å². The Hall–Kier alpha value is -1.26. The minimum Gasteiger partial charge on any atom is -0.466 e. The van der Waals surface area contributed by atoms with E-state index in [2.05, 4.69) is 15.2 Å². The van der Waals surface area contributed by atoms with Gasteiger partial charge >= 0.3 is 12.1 Å². The number of hydrogen-bond acceptors (Lipinski definition) is 5. The van der Waals surface area contributed by atoms with E-state index in [0.717, 1.165) is 51.3 Å². The van der Waals surface area contributed by atoms with Crippen LogP contribution in [0.4, 0.5) is 4.79 Å². The van der Waals surface area contributed by atoms with Gasteiger partial charge < -0.3 is 24.6 Å². The fourth-order valence-corrected chi connectivity index (χ4v) is 3.91. The molecule has 2 atom stereocenters. The van der Waals surface area contributed by atoms with Crippen LogP contribution < -0.4 is 5.32 Å². The first-order valence-corrected chi connectivity index (χ1v) is 10.8. The highest BCUT2D eigenvalue weighted by atomic mass is 127. The van der Waals surface area contributed by atoms with Gasteiger partial charge in [0.25, 0.3) is 0 Å². The SMILES string of the molecule is CCOC(=O)C1CCCN(C(=NC)NCC2CCCN(C(=O)OC(C)(C)C)C2)C1.I. The number of aliphatic imine (C=N–C) groups is 1. The van der Waals surface area contributed by atoms with Crippen molar-refractivity contribution in [3.05, 3.63) is 0 Å². The van der Waals surface area contributed by atoms with Gasteiger partial charge in [0, 0.05) is 39.8 Å². The molecule has 0 aliphatic carbocycles. The molecule has 2 rings (SSSR count). The number of hydrogen-bond donors (Lipinski definition) is 1. The van der Waals surface area contributed by atoms with E-state index in [9.17, 15) is 9.59 Å². The van der Waals surface area contributed by atoms with E-state index in [1.165, 1.54) is 0 Å². The van der Waals surface area contributed by atoms with Gasteiger partial charge in [-0.25, -0.2) is 4.79 Å². The number of esters is 1. The highest BCUT2D eigenvalue weighted by Crippen LogP contribution is 2.20. The van der Waals surface area contributed by atoms with Crippen LogP contribution in [0.15, 0.2) is 4.99 Å². The topological polar surface area (TPSA) is 83.5 Å². The molecule has 2 aliphatic heterocycles. The Labute approximate surface area is 198 Å². The predicted molar refractivity (Wildman–Crippen MR) is 128 cm³/mol. The van der Waals surface area contributed by atoms with Crippen LogP contribution in [0.3, 0.4) is 0 Å². The number of carbonyl (C=O) groups excluding carboxylic acids is 2. The summed E-state index contributed by atoms with van der Waals surface area (Å²) < 4.78 is 10.7. The van der Waals surface area contributed by atoms with Gasteiger partial charge in [-0.3, -0.25) is 9.79 Å². The van der Waals surface area contributed by atoms with Crippen LogP contribution in [-0.2, 0) is 14.3 Å². The minimum atomic E-state index is -0.478. The number of guanidine groups is 1. The average molecular weight is 538 g/mol. The van der Waals surface area contributed by atoms with Crippen LogP contribution in [0.2, 0.25) is 0 Å². The highest BCUT2D eigenvalue weighted by Gasteiger charge is 2.30. The quantitative estimate of drug-likeness (QED) is 0.257. The van der Waals surface area contributed by atoms with Crippen molar-refractivity contribution in [2.24, 2.45) is 16.8 Å². The number of halogens is 1. The normalized spacial score (nSPS) is 22.8. The van der Waals surface area contributed by atoms with Crippen LogP contribution >= 0.6 is 24.0 Å². The van der Waals surface area contributed by atoms with E-state index in [1.54, 1.807) is 7.05 Å². The van der Waals surface area contributed by atoms with Crippen molar-refractivity contribution in [1.29, 1.82) is 0 Å². The van der Waals surface area contributed by atoms with Gasteiger partial charge in [0.1, 0.15) is 5.60 Å². The summed E-state index contributed by atoms with van der Waals surface area (Å²) in [7, 11) is 1.77. The number of piperidine rings is 2. The number of nitrogens with zero attached hydrogens (tertiary/aromatic N) is 3. The van der Waals surface area contributed by atoms with Crippen LogP contribution in [0.1, 0.15) is 53.4 Å². The maximum absolute atomic E-state index is 12.4. The monoisotopic (exact) mass is 538 g/mol. The minimum absolute atomic E-state index is 0. The molecule has 1 amide bonds. The van der Waals surface area contributed by atoms with Crippen molar-refractivity contribution in [2.45, 2.75) is 59.0 Å². The Morgan fingerprint density at radius 1 is 1.10 bits per heavy atom. The first-order valence-electron chi connectivity index (χ1n) is 10.8. The lowest BCUT2D eigenvalue weighted by atomic mass is 9.97. The van der Waals surface area contributed by atoms with Gasteiger partial charge in [0.15, 0.2) is 5.96 Å². The molecule has 9 heteroatoms. The average Bonchev–Trinajstić information content (AvgIpc) is 2.68. The molecule has 174 valence electrons. The summed E-state index contributed by atoms with van der Waals surface area (Å²) in [6, 6.07) is 0. The van der Waals surface area contributed by atoms with E-state index in [0.29, 0.717) is 25.6 Å². The number of carbonyl (C=O) groups is 2. The molecule has 2 aliphatic rings. The van der Waals surface area contributed by atoms with E-state index < -0.39 is 5.60 Å². The van der Waals surface area contributed by atoms with Gasteiger partial charge in [-0.1, -0.05) is 0 Å². The van der Waals surface area contributed by atoms with Gasteiger partial charge in [-0.2, -0.15) is 0 Å². The lowest BCUT2D eigenvalue weighted by molar-refractivity contribution is -0.149. The van der Waals surface area contributed by atoms with E-state index in [1.807, 2.05) is 32.6 Å². The summed E-state index contributed by atoms with van der Waals surface area (Å²) in [6.07, 6.45) is 3.60. The van der Waals surface area contributed by atoms with Crippen molar-refractivity contribution in [3.63, 3.8) is 0 Å². The molecule has 0 saturated carbocycles. The number of nitrogens with one attached hydrogen (secondary N) is 1. The number of ether oxygens (including phenoxy) is 2. The molecule has 2 heterocycles. The molecular weight excluding hydrogens is 499 g/mol. The summed E-state index contributed by atoms with van der Waals surface area (Å²) >= 11 is 0. The second kappa shape index (κ2) is 12.6. The lowest BCUT2D eigenvalue weighted by Crippen LogP contribution is -2.51. The molecule has 0 radical (unpaired) electrons. The Balaban J connectivity index is 0.00000450. The predicted octanol–water partition coefficient (Wildman–Crippen LogP) is 3.10. The van der Waals surface area contributed by atoms with Gasteiger partial charge in [0.05, 0.1) is 12.5 Å². The summed E-state index contributed by atoms with van der Waals surface area (Å²) in [5.74, 6) is 0.944. The lowest BCUT2D eigenvalue weighted by Gasteiger charge is -2.36. The fraction of sp³-hybridized carbons (Fsp3) is 0.857. The summed E-state index contributed by atoms with van der Waals surface area (Å²) in [6.45, 7) is 11.6. The summed E-state index contributed by atoms with van der Waals surface area (Å²) in [5, 5.41) is 3.45. The molecule has 0 aromatic heterocycles. The van der Waals surface area contributed by atoms with E-state index >= 15 is 0 Å². The third-order valence-electron chi connectivity index (χ3n) is 5.27. The molecule has 0 spiro atoms. The first-order chi connectivity index (χ1) is 13.7. The zero-order valence-corrected chi connectivity index (χ0v) is 21.4. The Morgan fingerprint density at radius 2 is 1.77 bits per heavy atom. The van der Waals surface area contributed by atoms with Crippen LogP contribution in [0.25, 0.3) is 0 Å². The third kappa shape index (κ3) is 8.47. The van der Waals surface area contributed by atoms with Gasteiger partial charge in [-0.05, 0) is 59.3 Å². The third-order valence-corrected chi connectivity index (χ3v) is 5.27. The summed E-state index contributed by atoms with van der Waals surface area (Å²) in [4.78, 5) is 32.8. The second-order valence-corrected chi connectivity index (χ2v) is 8.90. The molecule has 2 saturated heterocycles. The molecule has 0 aromatic carbocycles.